The second kappa shape index (κ2) is 5.93. The Bertz CT molecular complexity index is 531. The minimum atomic E-state index is -0.718. The lowest BCUT2D eigenvalue weighted by Gasteiger charge is -2.39. The fraction of sp³-hybridized carbons (Fsp3) is 0.562. The number of carboxylic acids is 1. The Morgan fingerprint density at radius 1 is 1.38 bits per heavy atom. The first-order valence-electron chi connectivity index (χ1n) is 7.52. The zero-order chi connectivity index (χ0) is 14.8. The van der Waals surface area contributed by atoms with Gasteiger partial charge in [-0.05, 0) is 44.0 Å². The largest absolute Gasteiger partial charge is 0.481 e. The van der Waals surface area contributed by atoms with Crippen LogP contribution < -0.4 is 9.47 Å². The van der Waals surface area contributed by atoms with Gasteiger partial charge in [-0.15, -0.1) is 0 Å². The van der Waals surface area contributed by atoms with Crippen molar-refractivity contribution in [1.29, 1.82) is 0 Å². The zero-order valence-electron chi connectivity index (χ0n) is 12.2. The summed E-state index contributed by atoms with van der Waals surface area (Å²) in [5, 5.41) is 9.10. The zero-order valence-corrected chi connectivity index (χ0v) is 12.2. The number of ether oxygens (including phenoxy) is 2. The fourth-order valence-electron chi connectivity index (χ4n) is 3.32. The summed E-state index contributed by atoms with van der Waals surface area (Å²) in [4.78, 5) is 13.4. The van der Waals surface area contributed by atoms with Crippen molar-refractivity contribution in [2.75, 3.05) is 13.3 Å². The van der Waals surface area contributed by atoms with Crippen molar-refractivity contribution in [2.24, 2.45) is 0 Å². The summed E-state index contributed by atoms with van der Waals surface area (Å²) in [6, 6.07) is 6.30. The second-order valence-electron chi connectivity index (χ2n) is 5.77. The highest BCUT2D eigenvalue weighted by Gasteiger charge is 2.29. The third-order valence-electron chi connectivity index (χ3n) is 4.46. The maximum absolute atomic E-state index is 11.1. The lowest BCUT2D eigenvalue weighted by molar-refractivity contribution is -0.139. The van der Waals surface area contributed by atoms with E-state index in [0.29, 0.717) is 0 Å². The van der Waals surface area contributed by atoms with E-state index in [4.69, 9.17) is 14.6 Å². The molecule has 5 heteroatoms. The van der Waals surface area contributed by atoms with Crippen LogP contribution in [-0.2, 0) is 4.79 Å². The number of rotatable bonds is 4. The first-order valence-corrected chi connectivity index (χ1v) is 7.52. The van der Waals surface area contributed by atoms with Crippen LogP contribution >= 0.6 is 0 Å². The van der Waals surface area contributed by atoms with Crippen LogP contribution in [0.3, 0.4) is 0 Å². The van der Waals surface area contributed by atoms with Crippen LogP contribution in [0, 0.1) is 0 Å². The average molecular weight is 291 g/mol. The van der Waals surface area contributed by atoms with Crippen LogP contribution in [-0.4, -0.2) is 35.4 Å². The first-order chi connectivity index (χ1) is 10.1. The molecule has 3 rings (SSSR count). The van der Waals surface area contributed by atoms with E-state index in [2.05, 4.69) is 11.8 Å². The minimum Gasteiger partial charge on any atom is -0.481 e. The smallest absolute Gasteiger partial charge is 0.304 e. The molecule has 114 valence electrons. The van der Waals surface area contributed by atoms with Crippen molar-refractivity contribution in [3.8, 4) is 11.5 Å². The number of nitrogens with zero attached hydrogens (tertiary/aromatic N) is 1. The quantitative estimate of drug-likeness (QED) is 0.924. The Morgan fingerprint density at radius 3 is 3.00 bits per heavy atom. The number of aliphatic carboxylic acids is 1. The normalized spacial score (nSPS) is 23.0. The first kappa shape index (κ1) is 14.2. The average Bonchev–Trinajstić information content (AvgIpc) is 2.94. The molecule has 1 fully saturated rings. The third-order valence-corrected chi connectivity index (χ3v) is 4.46. The van der Waals surface area contributed by atoms with Crippen LogP contribution in [0.1, 0.15) is 44.2 Å². The van der Waals surface area contributed by atoms with E-state index >= 15 is 0 Å². The lowest BCUT2D eigenvalue weighted by Crippen LogP contribution is -2.42. The van der Waals surface area contributed by atoms with Gasteiger partial charge in [-0.25, -0.2) is 0 Å². The molecule has 1 aromatic carbocycles. The van der Waals surface area contributed by atoms with Gasteiger partial charge < -0.3 is 14.6 Å². The Balaban J connectivity index is 1.78. The molecule has 5 nitrogen and oxygen atoms in total. The summed E-state index contributed by atoms with van der Waals surface area (Å²) in [5.74, 6) is 0.850. The number of piperidine rings is 1. The van der Waals surface area contributed by atoms with Crippen molar-refractivity contribution in [3.05, 3.63) is 23.8 Å². The lowest BCUT2D eigenvalue weighted by atomic mass is 9.95. The van der Waals surface area contributed by atoms with Gasteiger partial charge in [-0.3, -0.25) is 9.69 Å². The van der Waals surface area contributed by atoms with Crippen LogP contribution in [0.2, 0.25) is 0 Å². The van der Waals surface area contributed by atoms with Gasteiger partial charge in [0.1, 0.15) is 0 Å². The van der Waals surface area contributed by atoms with E-state index in [-0.39, 0.29) is 25.3 Å². The monoisotopic (exact) mass is 291 g/mol. The standard InChI is InChI=1S/C16H21NO4/c1-11(12-5-6-14-15(8-12)21-10-20-14)17-7-3-2-4-13(17)9-16(18)19/h5-6,8,11,13H,2-4,7,9-10H2,1H3,(H,18,19). The van der Waals surface area contributed by atoms with E-state index < -0.39 is 5.97 Å². The fourth-order valence-corrected chi connectivity index (χ4v) is 3.32. The van der Waals surface area contributed by atoms with Gasteiger partial charge >= 0.3 is 5.97 Å². The molecule has 0 aliphatic carbocycles. The van der Waals surface area contributed by atoms with E-state index in [1.165, 1.54) is 0 Å². The molecule has 2 atom stereocenters. The molecular weight excluding hydrogens is 270 g/mol. The molecule has 1 N–H and O–H groups in total. The molecule has 0 amide bonds. The Labute approximate surface area is 124 Å². The van der Waals surface area contributed by atoms with Gasteiger partial charge in [0.05, 0.1) is 6.42 Å². The maximum Gasteiger partial charge on any atom is 0.304 e. The molecule has 0 aromatic heterocycles. The molecule has 0 saturated carbocycles. The van der Waals surface area contributed by atoms with Gasteiger partial charge in [-0.1, -0.05) is 12.5 Å². The molecular formula is C16H21NO4. The number of benzene rings is 1. The van der Waals surface area contributed by atoms with E-state index in [0.717, 1.165) is 42.9 Å². The number of likely N-dealkylation sites (tertiary alicyclic amines) is 1. The predicted octanol–water partition coefficient (Wildman–Crippen LogP) is 2.81. The van der Waals surface area contributed by atoms with Crippen molar-refractivity contribution in [1.82, 2.24) is 4.90 Å². The summed E-state index contributed by atoms with van der Waals surface area (Å²) in [6.45, 7) is 3.36. The molecule has 2 aliphatic heterocycles. The number of fused-ring (bicyclic) bond motifs is 1. The van der Waals surface area contributed by atoms with Gasteiger partial charge in [0.15, 0.2) is 11.5 Å². The Morgan fingerprint density at radius 2 is 2.19 bits per heavy atom. The molecule has 2 aliphatic rings. The molecule has 0 radical (unpaired) electrons. The number of carboxylic acid groups (broad SMARTS) is 1. The van der Waals surface area contributed by atoms with E-state index in [9.17, 15) is 4.79 Å². The molecule has 21 heavy (non-hydrogen) atoms. The van der Waals surface area contributed by atoms with Crippen molar-refractivity contribution < 1.29 is 19.4 Å². The number of hydrogen-bond donors (Lipinski definition) is 1. The third kappa shape index (κ3) is 2.97. The summed E-state index contributed by atoms with van der Waals surface area (Å²) >= 11 is 0. The van der Waals surface area contributed by atoms with E-state index in [1.54, 1.807) is 0 Å². The highest BCUT2D eigenvalue weighted by molar-refractivity contribution is 5.67. The Kier molecular flexibility index (Phi) is 4.01. The number of hydrogen-bond acceptors (Lipinski definition) is 4. The minimum absolute atomic E-state index is 0.122. The van der Waals surface area contributed by atoms with E-state index in [1.807, 2.05) is 18.2 Å². The van der Waals surface area contributed by atoms with Gasteiger partial charge in [0.25, 0.3) is 0 Å². The summed E-state index contributed by atoms with van der Waals surface area (Å²) < 4.78 is 10.8. The Hall–Kier alpha value is -1.75. The SMILES string of the molecule is CC(c1ccc2c(c1)OCO2)N1CCCCC1CC(=O)O. The van der Waals surface area contributed by atoms with Crippen molar-refractivity contribution in [2.45, 2.75) is 44.7 Å². The van der Waals surface area contributed by atoms with Crippen LogP contribution in [0.25, 0.3) is 0 Å². The summed E-state index contributed by atoms with van der Waals surface area (Å²) in [7, 11) is 0. The molecule has 2 unspecified atom stereocenters. The predicted molar refractivity (Wildman–Crippen MR) is 77.6 cm³/mol. The van der Waals surface area contributed by atoms with Gasteiger partial charge in [0, 0.05) is 12.1 Å². The van der Waals surface area contributed by atoms with Crippen LogP contribution in [0.15, 0.2) is 18.2 Å². The van der Waals surface area contributed by atoms with Crippen molar-refractivity contribution >= 4 is 5.97 Å². The highest BCUT2D eigenvalue weighted by Crippen LogP contribution is 2.37. The number of carbonyl (C=O) groups is 1. The second-order valence-corrected chi connectivity index (χ2v) is 5.77. The molecule has 1 saturated heterocycles. The molecule has 2 heterocycles. The topological polar surface area (TPSA) is 59.0 Å². The van der Waals surface area contributed by atoms with Gasteiger partial charge in [-0.2, -0.15) is 0 Å². The highest BCUT2D eigenvalue weighted by atomic mass is 16.7. The maximum atomic E-state index is 11.1. The van der Waals surface area contributed by atoms with Crippen LogP contribution in [0.5, 0.6) is 11.5 Å². The van der Waals surface area contributed by atoms with Gasteiger partial charge in [0.2, 0.25) is 6.79 Å². The summed E-state index contributed by atoms with van der Waals surface area (Å²) in [5.41, 5.74) is 1.15. The molecule has 0 bridgehead atoms. The van der Waals surface area contributed by atoms with Crippen molar-refractivity contribution in [3.63, 3.8) is 0 Å². The molecule has 0 spiro atoms. The van der Waals surface area contributed by atoms with Crippen LogP contribution in [0.4, 0.5) is 0 Å². The molecule has 1 aromatic rings. The summed E-state index contributed by atoms with van der Waals surface area (Å²) in [6.07, 6.45) is 3.42.